The van der Waals surface area contributed by atoms with Crippen molar-refractivity contribution >= 4 is 11.4 Å². The molecule has 3 heteroatoms. The first-order valence-electron chi connectivity index (χ1n) is 22.5. The van der Waals surface area contributed by atoms with Crippen LogP contribution in [-0.2, 0) is 10.2 Å². The minimum absolute atomic E-state index is 0.0289. The highest BCUT2D eigenvalue weighted by Gasteiger charge is 2.42. The summed E-state index contributed by atoms with van der Waals surface area (Å²) in [6.45, 7) is 16.2. The van der Waals surface area contributed by atoms with Crippen LogP contribution in [0.3, 0.4) is 0 Å². The van der Waals surface area contributed by atoms with E-state index >= 15 is 0 Å². The summed E-state index contributed by atoms with van der Waals surface area (Å²) in [6.07, 6.45) is 17.4. The molecular weight excluding hydrogens is 693 g/mol. The highest BCUT2D eigenvalue weighted by molar-refractivity contribution is 5.82. The molecule has 4 aromatic carbocycles. The van der Waals surface area contributed by atoms with Gasteiger partial charge in [-0.3, -0.25) is 0 Å². The molecule has 0 spiro atoms. The third-order valence-electron chi connectivity index (χ3n) is 12.0. The van der Waals surface area contributed by atoms with Crippen molar-refractivity contribution in [3.63, 3.8) is 0 Å². The number of anilines is 2. The molecule has 5 rings (SSSR count). The third-order valence-corrected chi connectivity index (χ3v) is 12.0. The number of hydrogen-bond acceptors (Lipinski definition) is 3. The van der Waals surface area contributed by atoms with Crippen molar-refractivity contribution < 1.29 is 4.74 Å². The molecule has 0 bridgehead atoms. The maximum absolute atomic E-state index is 5.31. The Bertz CT molecular complexity index is 1910. The summed E-state index contributed by atoms with van der Waals surface area (Å²) in [5, 5.41) is 0. The number of benzene rings is 4. The summed E-state index contributed by atoms with van der Waals surface area (Å²) < 4.78 is 5.31. The van der Waals surface area contributed by atoms with Gasteiger partial charge in [0.05, 0.1) is 6.61 Å². The molecule has 0 amide bonds. The van der Waals surface area contributed by atoms with Crippen LogP contribution in [0.5, 0.6) is 0 Å². The van der Waals surface area contributed by atoms with Gasteiger partial charge in [-0.1, -0.05) is 128 Å². The molecule has 4 aromatic rings. The number of unbranched alkanes of at least 4 members (excludes halogenated alkanes) is 8. The number of fused-ring (bicyclic) bond motifs is 3. The maximum atomic E-state index is 5.31. The van der Waals surface area contributed by atoms with Gasteiger partial charge in [0.1, 0.15) is 0 Å². The zero-order valence-corrected chi connectivity index (χ0v) is 36.3. The highest BCUT2D eigenvalue weighted by Crippen LogP contribution is 2.54. The van der Waals surface area contributed by atoms with Crippen molar-refractivity contribution in [2.24, 2.45) is 0 Å². The molecule has 302 valence electrons. The molecule has 0 saturated heterocycles. The van der Waals surface area contributed by atoms with E-state index in [-0.39, 0.29) is 5.41 Å². The maximum Gasteiger partial charge on any atom is 0.0637 e. The number of ether oxygens (including phenoxy) is 1. The summed E-state index contributed by atoms with van der Waals surface area (Å²) >= 11 is 0. The van der Waals surface area contributed by atoms with Gasteiger partial charge in [-0.25, -0.2) is 0 Å². The second-order valence-electron chi connectivity index (χ2n) is 16.1. The summed E-state index contributed by atoms with van der Waals surface area (Å²) in [4.78, 5) is 4.94. The third kappa shape index (κ3) is 11.8. The molecule has 1 aliphatic carbocycles. The van der Waals surface area contributed by atoms with Gasteiger partial charge in [-0.05, 0) is 128 Å². The monoisotopic (exact) mass is 763 g/mol. The lowest BCUT2D eigenvalue weighted by Gasteiger charge is -2.33. The molecule has 0 unspecified atom stereocenters. The molecule has 0 aromatic heterocycles. The van der Waals surface area contributed by atoms with Crippen LogP contribution in [0.1, 0.15) is 158 Å². The second-order valence-corrected chi connectivity index (χ2v) is 16.1. The first-order chi connectivity index (χ1) is 28.0. The van der Waals surface area contributed by atoms with Crippen LogP contribution in [-0.4, -0.2) is 39.9 Å². The standard InChI is InChI=1S/C54H70N2O/c1-7-12-16-18-38-56(39-19-17-13-8-2)49-32-26-45(27-33-49)21-23-47-29-35-51-50-34-28-46(22-20-44-24-30-48(31-25-44)55(11-5)40-41-57-6)42-52(50)54(36-14-9-3,37-15-10-4)53(51)43-47/h24-35,42-43H,7-19,36-41H2,1-6H3. The fourth-order valence-corrected chi connectivity index (χ4v) is 8.57. The van der Waals surface area contributed by atoms with E-state index in [0.717, 1.165) is 67.9 Å². The first-order valence-corrected chi connectivity index (χ1v) is 22.5. The Balaban J connectivity index is 1.40. The lowest BCUT2D eigenvalue weighted by atomic mass is 9.70. The number of rotatable bonds is 22. The Kier molecular flexibility index (Phi) is 17.7. The van der Waals surface area contributed by atoms with Gasteiger partial charge in [-0.15, -0.1) is 0 Å². The molecule has 0 radical (unpaired) electrons. The number of methoxy groups -OCH3 is 1. The molecule has 3 nitrogen and oxygen atoms in total. The summed E-state index contributed by atoms with van der Waals surface area (Å²) in [7, 11) is 1.76. The average molecular weight is 763 g/mol. The molecule has 0 N–H and O–H groups in total. The molecule has 0 saturated carbocycles. The van der Waals surface area contributed by atoms with Gasteiger partial charge < -0.3 is 14.5 Å². The smallest absolute Gasteiger partial charge is 0.0637 e. The molecule has 0 atom stereocenters. The number of nitrogens with zero attached hydrogens (tertiary/aromatic N) is 2. The highest BCUT2D eigenvalue weighted by atomic mass is 16.5. The van der Waals surface area contributed by atoms with Crippen LogP contribution in [0.4, 0.5) is 11.4 Å². The average Bonchev–Trinajstić information content (AvgIpc) is 3.51. The lowest BCUT2D eigenvalue weighted by Crippen LogP contribution is -2.26. The largest absolute Gasteiger partial charge is 0.383 e. The van der Waals surface area contributed by atoms with Gasteiger partial charge in [0.15, 0.2) is 0 Å². The van der Waals surface area contributed by atoms with E-state index in [1.54, 1.807) is 7.11 Å². The van der Waals surface area contributed by atoms with Gasteiger partial charge in [-0.2, -0.15) is 0 Å². The van der Waals surface area contributed by atoms with E-state index in [4.69, 9.17) is 4.74 Å². The van der Waals surface area contributed by atoms with Crippen LogP contribution in [0.2, 0.25) is 0 Å². The van der Waals surface area contributed by atoms with Gasteiger partial charge in [0, 0.05) is 72.3 Å². The fourth-order valence-electron chi connectivity index (χ4n) is 8.57. The summed E-state index contributed by atoms with van der Waals surface area (Å²) in [5.74, 6) is 14.2. The van der Waals surface area contributed by atoms with Gasteiger partial charge in [0.2, 0.25) is 0 Å². The molecule has 1 aliphatic rings. The molecular formula is C54H70N2O. The van der Waals surface area contributed by atoms with E-state index < -0.39 is 0 Å². The number of hydrogen-bond donors (Lipinski definition) is 0. The number of likely N-dealkylation sites (N-methyl/N-ethyl adjacent to an activating group) is 1. The predicted octanol–water partition coefficient (Wildman–Crippen LogP) is 13.6. The zero-order valence-electron chi connectivity index (χ0n) is 36.3. The molecule has 0 heterocycles. The van der Waals surface area contributed by atoms with E-state index in [2.05, 4.69) is 153 Å². The van der Waals surface area contributed by atoms with Crippen molar-refractivity contribution in [2.75, 3.05) is 49.7 Å². The van der Waals surface area contributed by atoms with Crippen molar-refractivity contribution in [1.82, 2.24) is 0 Å². The topological polar surface area (TPSA) is 15.7 Å². The summed E-state index contributed by atoms with van der Waals surface area (Å²) in [6, 6.07) is 31.7. The Morgan fingerprint density at radius 3 is 1.30 bits per heavy atom. The van der Waals surface area contributed by atoms with Crippen LogP contribution >= 0.6 is 0 Å². The Morgan fingerprint density at radius 1 is 0.456 bits per heavy atom. The SMILES string of the molecule is CCCCCCN(CCCCCC)c1ccc(C#Cc2ccc3c(c2)C(CCCC)(CCCC)c2cc(C#Cc4ccc(N(CC)CCOC)cc4)ccc2-3)cc1. The first kappa shape index (κ1) is 43.7. The van der Waals surface area contributed by atoms with Gasteiger partial charge >= 0.3 is 0 Å². The van der Waals surface area contributed by atoms with Crippen molar-refractivity contribution in [3.8, 4) is 34.8 Å². The van der Waals surface area contributed by atoms with Crippen molar-refractivity contribution in [2.45, 2.75) is 130 Å². The molecule has 0 fully saturated rings. The quantitative estimate of drug-likeness (QED) is 0.0586. The fraction of sp³-hybridized carbons (Fsp3) is 0.481. The van der Waals surface area contributed by atoms with E-state index in [1.807, 2.05) is 0 Å². The van der Waals surface area contributed by atoms with Crippen LogP contribution < -0.4 is 9.80 Å². The Labute approximate surface area is 347 Å². The van der Waals surface area contributed by atoms with Crippen molar-refractivity contribution in [3.05, 3.63) is 118 Å². The Hall–Kier alpha value is -4.44. The summed E-state index contributed by atoms with van der Waals surface area (Å²) in [5.41, 5.74) is 12.5. The second kappa shape index (κ2) is 23.1. The van der Waals surface area contributed by atoms with Gasteiger partial charge in [0.25, 0.3) is 0 Å². The van der Waals surface area contributed by atoms with E-state index in [9.17, 15) is 0 Å². The van der Waals surface area contributed by atoms with E-state index in [1.165, 1.54) is 111 Å². The molecule has 57 heavy (non-hydrogen) atoms. The van der Waals surface area contributed by atoms with Crippen LogP contribution in [0.25, 0.3) is 11.1 Å². The van der Waals surface area contributed by atoms with Crippen LogP contribution in [0, 0.1) is 23.7 Å². The van der Waals surface area contributed by atoms with Crippen molar-refractivity contribution in [1.29, 1.82) is 0 Å². The molecule has 0 aliphatic heterocycles. The minimum Gasteiger partial charge on any atom is -0.383 e. The van der Waals surface area contributed by atoms with E-state index in [0.29, 0.717) is 0 Å². The Morgan fingerprint density at radius 2 is 0.877 bits per heavy atom. The lowest BCUT2D eigenvalue weighted by molar-refractivity contribution is 0.205. The normalized spacial score (nSPS) is 12.2. The van der Waals surface area contributed by atoms with Crippen LogP contribution in [0.15, 0.2) is 84.9 Å². The minimum atomic E-state index is -0.0289. The predicted molar refractivity (Wildman–Crippen MR) is 247 cm³/mol. The zero-order chi connectivity index (χ0) is 40.3.